The second kappa shape index (κ2) is 10.6. The van der Waals surface area contributed by atoms with Crippen LogP contribution in [0.4, 0.5) is 13.2 Å². The van der Waals surface area contributed by atoms with E-state index in [1.54, 1.807) is 6.92 Å². The zero-order chi connectivity index (χ0) is 28.8. The molecule has 1 saturated heterocycles. The lowest BCUT2D eigenvalue weighted by Crippen LogP contribution is -2.59. The monoisotopic (exact) mass is 593 g/mol. The van der Waals surface area contributed by atoms with Crippen LogP contribution in [0.2, 0.25) is 0 Å². The van der Waals surface area contributed by atoms with Crippen LogP contribution >= 0.6 is 11.3 Å². The van der Waals surface area contributed by atoms with Gasteiger partial charge in [-0.15, -0.1) is 0 Å². The minimum absolute atomic E-state index is 0.101. The fourth-order valence-corrected chi connectivity index (χ4v) is 5.81. The molecule has 1 aliphatic heterocycles. The minimum Gasteiger partial charge on any atom is -0.442 e. The Kier molecular flexibility index (Phi) is 7.46. The Bertz CT molecular complexity index is 1640. The molecule has 2 aromatic heterocycles. The molecule has 1 N–H and O–H groups in total. The number of halogens is 3. The average Bonchev–Trinajstić information content (AvgIpc) is 3.41. The summed E-state index contributed by atoms with van der Waals surface area (Å²) >= 11 is 1.20. The summed E-state index contributed by atoms with van der Waals surface area (Å²) in [5, 5.41) is 4.93. The summed E-state index contributed by atoms with van der Waals surface area (Å²) in [6.45, 7) is 7.50. The van der Waals surface area contributed by atoms with Gasteiger partial charge in [-0.25, -0.2) is 31.9 Å². The summed E-state index contributed by atoms with van der Waals surface area (Å²) in [6.07, 6.45) is 1.12. The first-order valence-electron chi connectivity index (χ1n) is 12.2. The summed E-state index contributed by atoms with van der Waals surface area (Å²) in [4.78, 5) is 17.4. The van der Waals surface area contributed by atoms with Gasteiger partial charge in [0.15, 0.2) is 11.6 Å². The molecule has 0 aliphatic carbocycles. The minimum atomic E-state index is -1.37. The molecule has 0 radical (unpaired) electrons. The van der Waals surface area contributed by atoms with Crippen LogP contribution in [-0.4, -0.2) is 41.5 Å². The van der Waals surface area contributed by atoms with Crippen LogP contribution < -0.4 is 15.1 Å². The van der Waals surface area contributed by atoms with Crippen molar-refractivity contribution in [3.05, 3.63) is 86.9 Å². The van der Waals surface area contributed by atoms with Crippen molar-refractivity contribution in [1.82, 2.24) is 24.1 Å². The van der Waals surface area contributed by atoms with Crippen molar-refractivity contribution in [1.29, 1.82) is 0 Å². The van der Waals surface area contributed by atoms with Gasteiger partial charge >= 0.3 is 5.69 Å². The number of ether oxygens (including phenoxy) is 2. The van der Waals surface area contributed by atoms with Gasteiger partial charge in [0, 0.05) is 11.6 Å². The summed E-state index contributed by atoms with van der Waals surface area (Å²) in [5.74, 6) is -2.44. The van der Waals surface area contributed by atoms with E-state index < -0.39 is 44.4 Å². The zero-order valence-corrected chi connectivity index (χ0v) is 23.7. The molecule has 1 fully saturated rings. The molecule has 212 valence electrons. The quantitative estimate of drug-likeness (QED) is 0.327. The number of benzene rings is 2. The third-order valence-electron chi connectivity index (χ3n) is 6.19. The third-order valence-corrected chi connectivity index (χ3v) is 9.12. The van der Waals surface area contributed by atoms with Gasteiger partial charge in [-0.3, -0.25) is 4.57 Å². The number of hydrogen-bond acceptors (Lipinski definition) is 7. The van der Waals surface area contributed by atoms with E-state index in [4.69, 9.17) is 9.47 Å². The first-order chi connectivity index (χ1) is 18.9. The molecule has 3 heterocycles. The number of aromatic nitrogens is 4. The van der Waals surface area contributed by atoms with Gasteiger partial charge in [0.25, 0.3) is 0 Å². The lowest BCUT2D eigenvalue weighted by atomic mass is 10.0. The fraction of sp³-hybridized carbons (Fsp3) is 0.346. The molecule has 1 aliphatic rings. The van der Waals surface area contributed by atoms with E-state index in [1.165, 1.54) is 29.5 Å². The Morgan fingerprint density at radius 1 is 1.15 bits per heavy atom. The van der Waals surface area contributed by atoms with Crippen molar-refractivity contribution in [3.63, 3.8) is 0 Å². The van der Waals surface area contributed by atoms with E-state index in [0.717, 1.165) is 33.8 Å². The average molecular weight is 594 g/mol. The highest BCUT2D eigenvalue weighted by atomic mass is 32.2. The Hall–Kier alpha value is -3.33. The SMILES string of the molecule is Cc1nc(C2(NS(=O)C(C)(C)C)COC2)sc1Oc1ccc(-n2ncn(Cc3c(F)cccc3F)c2=O)cc1F. The first-order valence-corrected chi connectivity index (χ1v) is 14.1. The van der Waals surface area contributed by atoms with E-state index in [1.807, 2.05) is 20.8 Å². The van der Waals surface area contributed by atoms with Crippen LogP contribution in [0.15, 0.2) is 47.5 Å². The summed E-state index contributed by atoms with van der Waals surface area (Å²) in [5.41, 5.74) is -1.10. The maximum Gasteiger partial charge on any atom is 0.350 e. The van der Waals surface area contributed by atoms with Crippen molar-refractivity contribution >= 4 is 22.3 Å². The number of thiazole rings is 1. The molecular weight excluding hydrogens is 567 g/mol. The van der Waals surface area contributed by atoms with E-state index in [9.17, 15) is 17.8 Å². The predicted molar refractivity (Wildman–Crippen MR) is 144 cm³/mol. The Morgan fingerprint density at radius 3 is 2.45 bits per heavy atom. The Balaban J connectivity index is 1.35. The molecule has 1 atom stereocenters. The van der Waals surface area contributed by atoms with Crippen LogP contribution in [0, 0.1) is 24.4 Å². The van der Waals surface area contributed by atoms with Crippen molar-refractivity contribution in [2.24, 2.45) is 0 Å². The second-order valence-electron chi connectivity index (χ2n) is 10.3. The zero-order valence-electron chi connectivity index (χ0n) is 22.0. The van der Waals surface area contributed by atoms with Gasteiger partial charge in [-0.05, 0) is 52.0 Å². The van der Waals surface area contributed by atoms with Crippen LogP contribution in [0.3, 0.4) is 0 Å². The van der Waals surface area contributed by atoms with Crippen LogP contribution in [0.1, 0.15) is 37.0 Å². The molecule has 14 heteroatoms. The third kappa shape index (κ3) is 5.36. The summed E-state index contributed by atoms with van der Waals surface area (Å²) < 4.78 is 71.7. The highest BCUT2D eigenvalue weighted by Crippen LogP contribution is 2.40. The van der Waals surface area contributed by atoms with Gasteiger partial charge in [-0.2, -0.15) is 9.78 Å². The lowest BCUT2D eigenvalue weighted by Gasteiger charge is -2.41. The normalized spacial score (nSPS) is 15.6. The van der Waals surface area contributed by atoms with Crippen LogP contribution in [0.5, 0.6) is 10.8 Å². The fourth-order valence-electron chi connectivity index (χ4n) is 3.82. The topological polar surface area (TPSA) is 100 Å². The molecule has 0 spiro atoms. The largest absolute Gasteiger partial charge is 0.442 e. The van der Waals surface area contributed by atoms with Crippen molar-refractivity contribution in [3.8, 4) is 16.5 Å². The summed E-state index contributed by atoms with van der Waals surface area (Å²) in [6, 6.07) is 7.28. The molecule has 2 aromatic carbocycles. The van der Waals surface area contributed by atoms with Gasteiger partial charge < -0.3 is 9.47 Å². The summed E-state index contributed by atoms with van der Waals surface area (Å²) in [7, 11) is -1.37. The van der Waals surface area contributed by atoms with E-state index in [2.05, 4.69) is 14.8 Å². The molecule has 5 rings (SSSR count). The molecule has 4 aromatic rings. The van der Waals surface area contributed by atoms with Gasteiger partial charge in [0.2, 0.25) is 5.06 Å². The van der Waals surface area contributed by atoms with E-state index >= 15 is 4.39 Å². The van der Waals surface area contributed by atoms with Gasteiger partial charge in [0.05, 0.1) is 46.9 Å². The van der Waals surface area contributed by atoms with E-state index in [-0.39, 0.29) is 36.8 Å². The number of hydrogen-bond donors (Lipinski definition) is 1. The highest BCUT2D eigenvalue weighted by Gasteiger charge is 2.46. The van der Waals surface area contributed by atoms with Crippen molar-refractivity contribution in [2.75, 3.05) is 13.2 Å². The van der Waals surface area contributed by atoms with Crippen molar-refractivity contribution < 1.29 is 26.9 Å². The second-order valence-corrected chi connectivity index (χ2v) is 13.2. The molecule has 40 heavy (non-hydrogen) atoms. The first kappa shape index (κ1) is 28.2. The molecule has 0 saturated carbocycles. The number of nitrogens with zero attached hydrogens (tertiary/aromatic N) is 4. The van der Waals surface area contributed by atoms with Crippen LogP contribution in [-0.2, 0) is 27.8 Å². The molecular formula is C26H26F3N5O4S2. The molecule has 1 unspecified atom stereocenters. The number of rotatable bonds is 8. The number of nitrogens with one attached hydrogen (secondary N) is 1. The van der Waals surface area contributed by atoms with Crippen molar-refractivity contribution in [2.45, 2.75) is 44.5 Å². The standard InChI is InChI=1S/C26H26F3N5O4S2/c1-15-22(39-23(31-15)26(12-37-13-26)32-40(36)25(2,3)4)38-21-9-8-16(10-20(21)29)34-24(35)33(14-30-34)11-17-18(27)6-5-7-19(17)28/h5-10,14,32H,11-13H2,1-4H3. The van der Waals surface area contributed by atoms with Gasteiger partial charge in [-0.1, -0.05) is 17.4 Å². The molecule has 0 amide bonds. The highest BCUT2D eigenvalue weighted by molar-refractivity contribution is 7.84. The maximum absolute atomic E-state index is 15.1. The van der Waals surface area contributed by atoms with E-state index in [0.29, 0.717) is 15.8 Å². The maximum atomic E-state index is 15.1. The molecule has 9 nitrogen and oxygen atoms in total. The van der Waals surface area contributed by atoms with Crippen LogP contribution in [0.25, 0.3) is 5.69 Å². The lowest BCUT2D eigenvalue weighted by molar-refractivity contribution is -0.0660. The van der Waals surface area contributed by atoms with Gasteiger partial charge in [0.1, 0.15) is 28.5 Å². The Labute approximate surface area is 234 Å². The smallest absolute Gasteiger partial charge is 0.350 e. The number of aryl methyl sites for hydroxylation is 1. The molecule has 0 bridgehead atoms. The predicted octanol–water partition coefficient (Wildman–Crippen LogP) is 4.33. The Morgan fingerprint density at radius 2 is 1.85 bits per heavy atom.